The van der Waals surface area contributed by atoms with Gasteiger partial charge in [-0.3, -0.25) is 0 Å². The normalized spacial score (nSPS) is 26.5. The molecule has 1 aliphatic rings. The third kappa shape index (κ3) is 2.30. The second-order valence-electron chi connectivity index (χ2n) is 4.21. The second-order valence-corrected chi connectivity index (χ2v) is 5.54. The molecule has 5 heteroatoms. The van der Waals surface area contributed by atoms with E-state index in [1.54, 1.807) is 6.08 Å². The number of hydrogen-bond donors (Lipinski definition) is 1. The van der Waals surface area contributed by atoms with Gasteiger partial charge in [0.05, 0.1) is 11.3 Å². The zero-order valence-electron chi connectivity index (χ0n) is 9.55. The highest BCUT2D eigenvalue weighted by molar-refractivity contribution is 7.88. The van der Waals surface area contributed by atoms with Crippen molar-refractivity contribution in [2.45, 2.75) is 18.9 Å². The van der Waals surface area contributed by atoms with E-state index >= 15 is 0 Å². The maximum atomic E-state index is 11.6. The van der Waals surface area contributed by atoms with Crippen molar-refractivity contribution in [3.63, 3.8) is 0 Å². The lowest BCUT2D eigenvalue weighted by molar-refractivity contribution is 0.542. The van der Waals surface area contributed by atoms with Gasteiger partial charge in [0.2, 0.25) is 0 Å². The maximum Gasteiger partial charge on any atom is 0.320 e. The highest BCUT2D eigenvalue weighted by atomic mass is 32.2. The first-order chi connectivity index (χ1) is 7.97. The van der Waals surface area contributed by atoms with Crippen LogP contribution >= 0.6 is 0 Å². The topological polar surface area (TPSA) is 58.5 Å². The summed E-state index contributed by atoms with van der Waals surface area (Å²) in [5.41, 5.74) is 0.644. The summed E-state index contributed by atoms with van der Waals surface area (Å²) in [5.74, 6) is 0. The number of nitrogens with one attached hydrogen (secondary N) is 1. The molecule has 0 fully saturated rings. The molecule has 0 aromatic heterocycles. The van der Waals surface area contributed by atoms with E-state index in [1.165, 1.54) is 0 Å². The lowest BCUT2D eigenvalue weighted by Crippen LogP contribution is -2.45. The van der Waals surface area contributed by atoms with Crippen molar-refractivity contribution >= 4 is 15.9 Å². The van der Waals surface area contributed by atoms with Crippen LogP contribution in [0.1, 0.15) is 18.9 Å². The zero-order chi connectivity index (χ0) is 12.5. The minimum absolute atomic E-state index is 0.500. The SMILES string of the molecule is C=CC[C@]1(C)NS(=O)(=O)N=C1c1ccccc1. The first kappa shape index (κ1) is 12.0. The van der Waals surface area contributed by atoms with Gasteiger partial charge in [-0.2, -0.15) is 17.5 Å². The Morgan fingerprint density at radius 2 is 2.06 bits per heavy atom. The van der Waals surface area contributed by atoms with Crippen LogP contribution in [-0.4, -0.2) is 19.7 Å². The van der Waals surface area contributed by atoms with Gasteiger partial charge in [0.25, 0.3) is 0 Å². The fourth-order valence-electron chi connectivity index (χ4n) is 1.97. The Morgan fingerprint density at radius 3 is 2.65 bits per heavy atom. The molecule has 1 aromatic rings. The highest BCUT2D eigenvalue weighted by Crippen LogP contribution is 2.26. The van der Waals surface area contributed by atoms with Crippen LogP contribution in [0.2, 0.25) is 0 Å². The van der Waals surface area contributed by atoms with Gasteiger partial charge in [0.15, 0.2) is 0 Å². The molecule has 1 atom stereocenters. The van der Waals surface area contributed by atoms with Gasteiger partial charge in [0, 0.05) is 0 Å². The van der Waals surface area contributed by atoms with Crippen molar-refractivity contribution < 1.29 is 8.42 Å². The first-order valence-electron chi connectivity index (χ1n) is 5.27. The largest absolute Gasteiger partial charge is 0.320 e. The summed E-state index contributed by atoms with van der Waals surface area (Å²) in [5, 5.41) is 0. The van der Waals surface area contributed by atoms with Crippen LogP contribution in [0.5, 0.6) is 0 Å². The first-order valence-corrected chi connectivity index (χ1v) is 6.71. The molecule has 0 bridgehead atoms. The molecule has 1 heterocycles. The summed E-state index contributed by atoms with van der Waals surface area (Å²) in [6, 6.07) is 9.30. The van der Waals surface area contributed by atoms with Crippen LogP contribution in [0.3, 0.4) is 0 Å². The van der Waals surface area contributed by atoms with Gasteiger partial charge in [0.1, 0.15) is 0 Å². The summed E-state index contributed by atoms with van der Waals surface area (Å²) in [6.45, 7) is 5.47. The predicted molar refractivity (Wildman–Crippen MR) is 68.3 cm³/mol. The highest BCUT2D eigenvalue weighted by Gasteiger charge is 2.41. The predicted octanol–water partition coefficient (Wildman–Crippen LogP) is 1.66. The molecule has 2 rings (SSSR count). The van der Waals surface area contributed by atoms with Crippen LogP contribution in [-0.2, 0) is 10.2 Å². The average molecular weight is 250 g/mol. The Kier molecular flexibility index (Phi) is 2.89. The van der Waals surface area contributed by atoms with Crippen molar-refractivity contribution in [2.24, 2.45) is 4.40 Å². The van der Waals surface area contributed by atoms with Gasteiger partial charge in [-0.15, -0.1) is 6.58 Å². The van der Waals surface area contributed by atoms with Crippen molar-refractivity contribution in [1.29, 1.82) is 0 Å². The molecular weight excluding hydrogens is 236 g/mol. The average Bonchev–Trinajstić information content (AvgIpc) is 2.50. The molecule has 17 heavy (non-hydrogen) atoms. The molecule has 0 saturated heterocycles. The third-order valence-electron chi connectivity index (χ3n) is 2.69. The van der Waals surface area contributed by atoms with Gasteiger partial charge in [-0.1, -0.05) is 36.4 Å². The lowest BCUT2D eigenvalue weighted by Gasteiger charge is -2.23. The van der Waals surface area contributed by atoms with Crippen molar-refractivity contribution in [3.8, 4) is 0 Å². The Balaban J connectivity index is 2.53. The molecule has 0 unspecified atom stereocenters. The molecule has 4 nitrogen and oxygen atoms in total. The van der Waals surface area contributed by atoms with E-state index in [1.807, 2.05) is 37.3 Å². The minimum Gasteiger partial charge on any atom is -0.187 e. The number of hydrogen-bond acceptors (Lipinski definition) is 2. The summed E-state index contributed by atoms with van der Waals surface area (Å²) in [4.78, 5) is 0. The van der Waals surface area contributed by atoms with Gasteiger partial charge >= 0.3 is 10.2 Å². The Morgan fingerprint density at radius 1 is 1.41 bits per heavy atom. The van der Waals surface area contributed by atoms with Crippen LogP contribution in [0, 0.1) is 0 Å². The molecule has 1 aromatic carbocycles. The van der Waals surface area contributed by atoms with Crippen LogP contribution in [0.15, 0.2) is 47.4 Å². The second kappa shape index (κ2) is 4.09. The Bertz CT molecular complexity index is 563. The molecule has 0 spiro atoms. The number of nitrogens with zero attached hydrogens (tertiary/aromatic N) is 1. The fourth-order valence-corrected chi connectivity index (χ4v) is 3.31. The number of rotatable bonds is 3. The van der Waals surface area contributed by atoms with Crippen LogP contribution < -0.4 is 4.72 Å². The lowest BCUT2D eigenvalue weighted by atomic mass is 9.88. The number of benzene rings is 1. The fraction of sp³-hybridized carbons (Fsp3) is 0.250. The van der Waals surface area contributed by atoms with Crippen LogP contribution in [0.4, 0.5) is 0 Å². The molecule has 0 radical (unpaired) electrons. The van der Waals surface area contributed by atoms with Crippen molar-refractivity contribution in [3.05, 3.63) is 48.6 Å². The van der Waals surface area contributed by atoms with E-state index < -0.39 is 15.7 Å². The van der Waals surface area contributed by atoms with Crippen LogP contribution in [0.25, 0.3) is 0 Å². The summed E-state index contributed by atoms with van der Waals surface area (Å²) in [6.07, 6.45) is 2.19. The van der Waals surface area contributed by atoms with Crippen molar-refractivity contribution in [2.75, 3.05) is 0 Å². The molecule has 0 amide bonds. The molecule has 0 aliphatic carbocycles. The van der Waals surface area contributed by atoms with E-state index in [9.17, 15) is 8.42 Å². The quantitative estimate of drug-likeness (QED) is 0.829. The molecule has 1 aliphatic heterocycles. The third-order valence-corrected chi connectivity index (χ3v) is 3.82. The Hall–Kier alpha value is -1.46. The van der Waals surface area contributed by atoms with E-state index in [4.69, 9.17) is 0 Å². The van der Waals surface area contributed by atoms with E-state index in [-0.39, 0.29) is 0 Å². The maximum absolute atomic E-state index is 11.6. The standard InChI is InChI=1S/C12H14N2O2S/c1-3-9-12(2)11(13-17(15,16)14-12)10-7-5-4-6-8-10/h3-8,14H,1,9H2,2H3/t12-/m0/s1. The summed E-state index contributed by atoms with van der Waals surface area (Å²) >= 11 is 0. The Labute approximate surface area is 101 Å². The minimum atomic E-state index is -3.58. The van der Waals surface area contributed by atoms with E-state index in [0.29, 0.717) is 12.1 Å². The van der Waals surface area contributed by atoms with E-state index in [0.717, 1.165) is 5.56 Å². The summed E-state index contributed by atoms with van der Waals surface area (Å²) in [7, 11) is -3.58. The van der Waals surface area contributed by atoms with E-state index in [2.05, 4.69) is 15.7 Å². The molecule has 90 valence electrons. The van der Waals surface area contributed by atoms with Gasteiger partial charge < -0.3 is 0 Å². The smallest absolute Gasteiger partial charge is 0.187 e. The van der Waals surface area contributed by atoms with Gasteiger partial charge in [-0.25, -0.2) is 0 Å². The van der Waals surface area contributed by atoms with Gasteiger partial charge in [-0.05, 0) is 18.9 Å². The molecule has 0 saturated carbocycles. The zero-order valence-corrected chi connectivity index (χ0v) is 10.4. The van der Waals surface area contributed by atoms with Crippen molar-refractivity contribution in [1.82, 2.24) is 4.72 Å². The monoisotopic (exact) mass is 250 g/mol. The summed E-state index contributed by atoms with van der Waals surface area (Å²) < 4.78 is 29.5. The molecule has 1 N–H and O–H groups in total. The molecular formula is C12H14N2O2S.